The summed E-state index contributed by atoms with van der Waals surface area (Å²) in [6, 6.07) is 7.98. The van der Waals surface area contributed by atoms with Crippen LogP contribution in [0.15, 0.2) is 29.3 Å². The molecule has 1 aliphatic rings. The Morgan fingerprint density at radius 3 is 2.56 bits per heavy atom. The molecule has 0 heterocycles. The number of rotatable bonds is 9. The zero-order valence-electron chi connectivity index (χ0n) is 14.8. The van der Waals surface area contributed by atoms with Gasteiger partial charge in [0.1, 0.15) is 5.75 Å². The molecular weight excluding hydrogens is 431 g/mol. The van der Waals surface area contributed by atoms with Gasteiger partial charge in [0, 0.05) is 25.6 Å². The van der Waals surface area contributed by atoms with Crippen LogP contribution in [-0.4, -0.2) is 38.6 Å². The maximum absolute atomic E-state index is 11.6. The average molecular weight is 460 g/mol. The quantitative estimate of drug-likeness (QED) is 0.228. The number of carbonyl (C=O) groups is 1. The average Bonchev–Trinajstić information content (AvgIpc) is 2.53. The van der Waals surface area contributed by atoms with E-state index in [0.717, 1.165) is 38.0 Å². The summed E-state index contributed by atoms with van der Waals surface area (Å²) in [5.74, 6) is 1.75. The fourth-order valence-electron chi connectivity index (χ4n) is 2.49. The third-order valence-corrected chi connectivity index (χ3v) is 4.27. The number of amides is 1. The molecule has 0 radical (unpaired) electrons. The lowest BCUT2D eigenvalue weighted by molar-refractivity contribution is -0.127. The van der Waals surface area contributed by atoms with Crippen molar-refractivity contribution in [2.75, 3.05) is 26.7 Å². The summed E-state index contributed by atoms with van der Waals surface area (Å²) in [5.41, 5.74) is 7.05. The van der Waals surface area contributed by atoms with Gasteiger partial charge in [-0.2, -0.15) is 0 Å². The Bertz CT molecular complexity index is 545. The molecule has 1 saturated carbocycles. The van der Waals surface area contributed by atoms with Crippen LogP contribution in [0.4, 0.5) is 0 Å². The maximum atomic E-state index is 11.6. The van der Waals surface area contributed by atoms with Gasteiger partial charge in [-0.25, -0.2) is 0 Å². The van der Waals surface area contributed by atoms with Crippen LogP contribution in [0.2, 0.25) is 0 Å². The van der Waals surface area contributed by atoms with Gasteiger partial charge in [0.15, 0.2) is 5.96 Å². The minimum Gasteiger partial charge on any atom is -0.497 e. The third-order valence-electron chi connectivity index (χ3n) is 4.27. The van der Waals surface area contributed by atoms with Crippen molar-refractivity contribution < 1.29 is 9.53 Å². The Labute approximate surface area is 167 Å². The van der Waals surface area contributed by atoms with E-state index in [2.05, 4.69) is 15.6 Å². The van der Waals surface area contributed by atoms with E-state index >= 15 is 0 Å². The minimum atomic E-state index is 0. The Morgan fingerprint density at radius 1 is 1.24 bits per heavy atom. The molecule has 1 aromatic rings. The number of carbonyl (C=O) groups excluding carboxylic acids is 1. The van der Waals surface area contributed by atoms with Gasteiger partial charge in [-0.1, -0.05) is 18.6 Å². The van der Waals surface area contributed by atoms with Crippen LogP contribution in [0.5, 0.6) is 5.75 Å². The van der Waals surface area contributed by atoms with E-state index < -0.39 is 0 Å². The monoisotopic (exact) mass is 460 g/mol. The number of hydrogen-bond acceptors (Lipinski definition) is 3. The molecule has 0 aliphatic heterocycles. The molecule has 6 nitrogen and oxygen atoms in total. The maximum Gasteiger partial charge on any atom is 0.223 e. The first-order valence-electron chi connectivity index (χ1n) is 8.63. The highest BCUT2D eigenvalue weighted by Gasteiger charge is 2.24. The van der Waals surface area contributed by atoms with E-state index in [-0.39, 0.29) is 35.8 Å². The first-order chi connectivity index (χ1) is 11.7. The second-order valence-corrected chi connectivity index (χ2v) is 6.06. The molecule has 1 fully saturated rings. The molecular formula is C18H29IN4O2. The van der Waals surface area contributed by atoms with Crippen LogP contribution in [0, 0.1) is 5.92 Å². The molecule has 7 heteroatoms. The SMILES string of the molecule is COc1ccc(CCNC(N)=NCCCNC(=O)C2CCC2)cc1.I. The summed E-state index contributed by atoms with van der Waals surface area (Å²) < 4.78 is 5.13. The molecule has 0 saturated heterocycles. The van der Waals surface area contributed by atoms with Gasteiger partial charge >= 0.3 is 0 Å². The summed E-state index contributed by atoms with van der Waals surface area (Å²) in [6.07, 6.45) is 4.93. The smallest absolute Gasteiger partial charge is 0.223 e. The molecule has 140 valence electrons. The van der Waals surface area contributed by atoms with Crippen molar-refractivity contribution in [3.8, 4) is 5.75 Å². The zero-order chi connectivity index (χ0) is 17.2. The second kappa shape index (κ2) is 11.9. The fourth-order valence-corrected chi connectivity index (χ4v) is 2.49. The summed E-state index contributed by atoms with van der Waals surface area (Å²) >= 11 is 0. The first-order valence-corrected chi connectivity index (χ1v) is 8.63. The molecule has 2 rings (SSSR count). The highest BCUT2D eigenvalue weighted by atomic mass is 127. The first kappa shape index (κ1) is 21.5. The molecule has 1 aliphatic carbocycles. The lowest BCUT2D eigenvalue weighted by atomic mass is 9.85. The van der Waals surface area contributed by atoms with Crippen molar-refractivity contribution in [2.24, 2.45) is 16.6 Å². The lowest BCUT2D eigenvalue weighted by Crippen LogP contribution is -2.35. The molecule has 0 unspecified atom stereocenters. The van der Waals surface area contributed by atoms with Gasteiger partial charge in [0.2, 0.25) is 5.91 Å². The van der Waals surface area contributed by atoms with E-state index in [4.69, 9.17) is 10.5 Å². The fraction of sp³-hybridized carbons (Fsp3) is 0.556. The molecule has 1 amide bonds. The van der Waals surface area contributed by atoms with Crippen LogP contribution in [-0.2, 0) is 11.2 Å². The van der Waals surface area contributed by atoms with Gasteiger partial charge in [-0.3, -0.25) is 9.79 Å². The lowest BCUT2D eigenvalue weighted by Gasteiger charge is -2.23. The third kappa shape index (κ3) is 7.94. The van der Waals surface area contributed by atoms with E-state index in [0.29, 0.717) is 19.0 Å². The highest BCUT2D eigenvalue weighted by Crippen LogP contribution is 2.25. The van der Waals surface area contributed by atoms with Crippen LogP contribution in [0.1, 0.15) is 31.2 Å². The van der Waals surface area contributed by atoms with E-state index in [9.17, 15) is 4.79 Å². The number of halogens is 1. The van der Waals surface area contributed by atoms with Crippen molar-refractivity contribution in [3.05, 3.63) is 29.8 Å². The number of benzene rings is 1. The number of hydrogen-bond donors (Lipinski definition) is 3. The number of nitrogens with one attached hydrogen (secondary N) is 2. The molecule has 0 spiro atoms. The second-order valence-electron chi connectivity index (χ2n) is 6.06. The van der Waals surface area contributed by atoms with Crippen LogP contribution < -0.4 is 21.1 Å². The Kier molecular flexibility index (Phi) is 10.3. The van der Waals surface area contributed by atoms with Crippen LogP contribution in [0.3, 0.4) is 0 Å². The van der Waals surface area contributed by atoms with Gasteiger partial charge in [-0.05, 0) is 43.4 Å². The van der Waals surface area contributed by atoms with E-state index in [1.54, 1.807) is 7.11 Å². The molecule has 0 aromatic heterocycles. The topological polar surface area (TPSA) is 88.7 Å². The van der Waals surface area contributed by atoms with Gasteiger partial charge in [0.25, 0.3) is 0 Å². The molecule has 0 atom stereocenters. The summed E-state index contributed by atoms with van der Waals surface area (Å²) in [4.78, 5) is 15.9. The van der Waals surface area contributed by atoms with Gasteiger partial charge in [0.05, 0.1) is 7.11 Å². The van der Waals surface area contributed by atoms with Crippen molar-refractivity contribution in [1.82, 2.24) is 10.6 Å². The largest absolute Gasteiger partial charge is 0.497 e. The summed E-state index contributed by atoms with van der Waals surface area (Å²) in [5, 5.41) is 6.06. The number of aliphatic imine (C=N–C) groups is 1. The van der Waals surface area contributed by atoms with E-state index in [1.807, 2.05) is 24.3 Å². The van der Waals surface area contributed by atoms with Crippen molar-refractivity contribution in [3.63, 3.8) is 0 Å². The number of nitrogens with two attached hydrogens (primary N) is 1. The summed E-state index contributed by atoms with van der Waals surface area (Å²) in [7, 11) is 1.66. The zero-order valence-corrected chi connectivity index (χ0v) is 17.1. The highest BCUT2D eigenvalue weighted by molar-refractivity contribution is 14.0. The van der Waals surface area contributed by atoms with Crippen LogP contribution >= 0.6 is 24.0 Å². The van der Waals surface area contributed by atoms with Crippen LogP contribution in [0.25, 0.3) is 0 Å². The molecule has 1 aromatic carbocycles. The van der Waals surface area contributed by atoms with Gasteiger partial charge < -0.3 is 21.1 Å². The Hall–Kier alpha value is -1.51. The molecule has 25 heavy (non-hydrogen) atoms. The molecule has 4 N–H and O–H groups in total. The minimum absolute atomic E-state index is 0. The Balaban J connectivity index is 0.00000312. The van der Waals surface area contributed by atoms with E-state index in [1.165, 1.54) is 12.0 Å². The normalized spacial score (nSPS) is 14.2. The predicted octanol–water partition coefficient (Wildman–Crippen LogP) is 2.07. The van der Waals surface area contributed by atoms with Gasteiger partial charge in [-0.15, -0.1) is 24.0 Å². The van der Waals surface area contributed by atoms with Crippen molar-refractivity contribution in [1.29, 1.82) is 0 Å². The molecule has 0 bridgehead atoms. The van der Waals surface area contributed by atoms with Crippen molar-refractivity contribution >= 4 is 35.8 Å². The number of nitrogens with zero attached hydrogens (tertiary/aromatic N) is 1. The summed E-state index contributed by atoms with van der Waals surface area (Å²) in [6.45, 7) is 2.02. The predicted molar refractivity (Wildman–Crippen MR) is 112 cm³/mol. The van der Waals surface area contributed by atoms with Crippen molar-refractivity contribution in [2.45, 2.75) is 32.1 Å². The number of guanidine groups is 1. The number of methoxy groups -OCH3 is 1. The standard InChI is InChI=1S/C18H28N4O2.HI/c1-24-16-8-6-14(7-9-16)10-13-22-18(19)21-12-3-11-20-17(23)15-4-2-5-15;/h6-9,15H,2-5,10-13H2,1H3,(H,20,23)(H3,19,21,22);1H. The Morgan fingerprint density at radius 2 is 1.96 bits per heavy atom. The number of ether oxygens (including phenoxy) is 1.